The average Bonchev–Trinajstić information content (AvgIpc) is 2.50. The first-order valence-corrected chi connectivity index (χ1v) is 12.4. The van der Waals surface area contributed by atoms with Crippen LogP contribution in [-0.2, 0) is 28.2 Å². The number of carbonyl (C=O) groups is 2. The molecule has 11 heteroatoms. The molecular formula is C16H28BrN3O6Si. The van der Waals surface area contributed by atoms with Crippen LogP contribution in [0.5, 0.6) is 0 Å². The molecule has 1 aliphatic heterocycles. The third kappa shape index (κ3) is 6.46. The van der Waals surface area contributed by atoms with Gasteiger partial charge in [-0.05, 0) is 23.7 Å². The molecule has 0 amide bonds. The van der Waals surface area contributed by atoms with E-state index in [1.54, 1.807) is 0 Å². The molecule has 1 fully saturated rings. The van der Waals surface area contributed by atoms with Crippen LogP contribution in [0.15, 0.2) is 5.11 Å². The predicted molar refractivity (Wildman–Crippen MR) is 105 cm³/mol. The van der Waals surface area contributed by atoms with E-state index < -0.39 is 49.6 Å². The van der Waals surface area contributed by atoms with Gasteiger partial charge < -0.3 is 18.6 Å². The Morgan fingerprint density at radius 2 is 1.81 bits per heavy atom. The van der Waals surface area contributed by atoms with Crippen molar-refractivity contribution in [1.29, 1.82) is 0 Å². The summed E-state index contributed by atoms with van der Waals surface area (Å²) < 4.78 is 22.9. The molecule has 1 aliphatic rings. The van der Waals surface area contributed by atoms with Crippen LogP contribution in [0.3, 0.4) is 0 Å². The van der Waals surface area contributed by atoms with Crippen molar-refractivity contribution in [2.45, 2.75) is 82.1 Å². The SMILES string of the molecule is CC(=O)OC[C@H]1O[C@H](Br)[C@H](N=[N+]=[N-])[C@@H](OC(C)=O)[C@@H]1O[Si](C)(C)C(C)(C)C. The van der Waals surface area contributed by atoms with E-state index in [2.05, 4.69) is 46.7 Å². The number of ether oxygens (including phenoxy) is 3. The molecule has 0 unspecified atom stereocenters. The van der Waals surface area contributed by atoms with Gasteiger partial charge in [-0.25, -0.2) is 0 Å². The summed E-state index contributed by atoms with van der Waals surface area (Å²) in [6.07, 6.45) is -2.33. The first kappa shape index (κ1) is 23.9. The van der Waals surface area contributed by atoms with Crippen molar-refractivity contribution in [3.8, 4) is 0 Å². The van der Waals surface area contributed by atoms with Crippen LogP contribution in [0, 0.1) is 0 Å². The van der Waals surface area contributed by atoms with E-state index in [1.165, 1.54) is 13.8 Å². The predicted octanol–water partition coefficient (Wildman–Crippen LogP) is 3.67. The van der Waals surface area contributed by atoms with E-state index in [0.29, 0.717) is 0 Å². The second-order valence-electron chi connectivity index (χ2n) is 7.94. The normalized spacial score (nSPS) is 28.8. The van der Waals surface area contributed by atoms with Gasteiger partial charge in [0.2, 0.25) is 0 Å². The molecule has 0 aliphatic carbocycles. The Hall–Kier alpha value is -1.13. The van der Waals surface area contributed by atoms with Crippen LogP contribution in [0.1, 0.15) is 34.6 Å². The Kier molecular flexibility index (Phi) is 8.30. The molecule has 1 heterocycles. The number of halogens is 1. The summed E-state index contributed by atoms with van der Waals surface area (Å²) in [5.74, 6) is -0.994. The maximum absolute atomic E-state index is 11.7. The van der Waals surface area contributed by atoms with Crippen LogP contribution in [0.4, 0.5) is 0 Å². The summed E-state index contributed by atoms with van der Waals surface area (Å²) >= 11 is 3.32. The Bertz CT molecular complexity index is 605. The number of azide groups is 1. The van der Waals surface area contributed by atoms with Crippen LogP contribution in [-0.4, -0.2) is 56.2 Å². The lowest BCUT2D eigenvalue weighted by Gasteiger charge is -2.47. The van der Waals surface area contributed by atoms with Crippen molar-refractivity contribution >= 4 is 36.2 Å². The van der Waals surface area contributed by atoms with Gasteiger partial charge in [0.15, 0.2) is 8.32 Å². The zero-order chi connectivity index (χ0) is 21.0. The fourth-order valence-corrected chi connectivity index (χ4v) is 4.38. The van der Waals surface area contributed by atoms with Gasteiger partial charge in [-0.1, -0.05) is 41.8 Å². The minimum atomic E-state index is -2.32. The molecule has 1 saturated heterocycles. The Morgan fingerprint density at radius 3 is 2.26 bits per heavy atom. The third-order valence-corrected chi connectivity index (χ3v) is 10.0. The molecule has 0 radical (unpaired) electrons. The van der Waals surface area contributed by atoms with E-state index in [9.17, 15) is 9.59 Å². The lowest BCUT2D eigenvalue weighted by atomic mass is 9.98. The summed E-state index contributed by atoms with van der Waals surface area (Å²) in [5.41, 5.74) is 8.92. The van der Waals surface area contributed by atoms with Crippen molar-refractivity contribution in [3.05, 3.63) is 10.4 Å². The van der Waals surface area contributed by atoms with E-state index in [4.69, 9.17) is 24.2 Å². The van der Waals surface area contributed by atoms with Gasteiger partial charge in [0.05, 0.1) is 0 Å². The highest BCUT2D eigenvalue weighted by Crippen LogP contribution is 2.41. The standard InChI is InChI=1S/C16H28BrN3O6Si/c1-9(21)23-8-11-13(26-27(6,7)16(3,4)5)14(24-10(2)22)12(19-20-18)15(17)25-11/h11-15H,8H2,1-7H3/t11-,12-,13-,14-,15+/m1/s1. The molecular weight excluding hydrogens is 438 g/mol. The number of esters is 2. The van der Waals surface area contributed by atoms with Gasteiger partial charge >= 0.3 is 11.9 Å². The molecule has 154 valence electrons. The van der Waals surface area contributed by atoms with Crippen LogP contribution >= 0.6 is 15.9 Å². The Labute approximate surface area is 168 Å². The highest BCUT2D eigenvalue weighted by Gasteiger charge is 2.51. The number of hydrogen-bond acceptors (Lipinski definition) is 7. The zero-order valence-corrected chi connectivity index (χ0v) is 19.3. The smallest absolute Gasteiger partial charge is 0.303 e. The van der Waals surface area contributed by atoms with E-state index >= 15 is 0 Å². The molecule has 5 atom stereocenters. The highest BCUT2D eigenvalue weighted by atomic mass is 79.9. The van der Waals surface area contributed by atoms with Gasteiger partial charge in [0.25, 0.3) is 0 Å². The summed E-state index contributed by atoms with van der Waals surface area (Å²) in [5, 5.41) is 2.88. The maximum Gasteiger partial charge on any atom is 0.303 e. The molecule has 1 rings (SSSR count). The molecule has 0 aromatic heterocycles. The molecule has 0 saturated carbocycles. The van der Waals surface area contributed by atoms with Gasteiger partial charge in [0, 0.05) is 18.8 Å². The molecule has 0 aromatic carbocycles. The number of rotatable bonds is 6. The highest BCUT2D eigenvalue weighted by molar-refractivity contribution is 9.09. The summed E-state index contributed by atoms with van der Waals surface area (Å²) in [6, 6.07) is -0.831. The first-order valence-electron chi connectivity index (χ1n) is 8.62. The number of carbonyl (C=O) groups excluding carboxylic acids is 2. The Balaban J connectivity index is 3.31. The van der Waals surface area contributed by atoms with Crippen molar-refractivity contribution in [2.24, 2.45) is 5.11 Å². The molecule has 27 heavy (non-hydrogen) atoms. The second-order valence-corrected chi connectivity index (χ2v) is 13.6. The number of nitrogens with zero attached hydrogens (tertiary/aromatic N) is 3. The molecule has 0 aromatic rings. The summed E-state index contributed by atoms with van der Waals surface area (Å²) in [6.45, 7) is 12.8. The van der Waals surface area contributed by atoms with E-state index in [1.807, 2.05) is 13.1 Å². The van der Waals surface area contributed by atoms with Gasteiger partial charge in [-0.3, -0.25) is 9.59 Å². The first-order chi connectivity index (χ1) is 12.3. The van der Waals surface area contributed by atoms with E-state index in [0.717, 1.165) is 0 Å². The Morgan fingerprint density at radius 1 is 1.22 bits per heavy atom. The van der Waals surface area contributed by atoms with Crippen molar-refractivity contribution in [3.63, 3.8) is 0 Å². The maximum atomic E-state index is 11.7. The average molecular weight is 466 g/mol. The van der Waals surface area contributed by atoms with Gasteiger partial charge in [-0.2, -0.15) is 0 Å². The molecule has 0 bridgehead atoms. The van der Waals surface area contributed by atoms with Crippen LogP contribution in [0.25, 0.3) is 10.4 Å². The van der Waals surface area contributed by atoms with Gasteiger partial charge in [0.1, 0.15) is 36.0 Å². The monoisotopic (exact) mass is 465 g/mol. The van der Waals surface area contributed by atoms with Crippen LogP contribution in [0.2, 0.25) is 18.1 Å². The third-order valence-electron chi connectivity index (χ3n) is 4.77. The van der Waals surface area contributed by atoms with Crippen molar-refractivity contribution in [1.82, 2.24) is 0 Å². The minimum Gasteiger partial charge on any atom is -0.463 e. The lowest BCUT2D eigenvalue weighted by Crippen LogP contribution is -2.62. The fraction of sp³-hybridized carbons (Fsp3) is 0.875. The van der Waals surface area contributed by atoms with Crippen molar-refractivity contribution < 1.29 is 28.2 Å². The minimum absolute atomic E-state index is 0.0719. The second kappa shape index (κ2) is 9.38. The van der Waals surface area contributed by atoms with Gasteiger partial charge in [-0.15, -0.1) is 0 Å². The molecule has 0 spiro atoms. The summed E-state index contributed by atoms with van der Waals surface area (Å²) in [4.78, 5) is 25.8. The number of alkyl halides is 1. The molecule has 9 nitrogen and oxygen atoms in total. The van der Waals surface area contributed by atoms with Crippen LogP contribution < -0.4 is 0 Å². The lowest BCUT2D eigenvalue weighted by molar-refractivity contribution is -0.191. The van der Waals surface area contributed by atoms with E-state index in [-0.39, 0.29) is 11.6 Å². The molecule has 0 N–H and O–H groups in total. The zero-order valence-electron chi connectivity index (χ0n) is 16.8. The quantitative estimate of drug-likeness (QED) is 0.147. The van der Waals surface area contributed by atoms with Crippen molar-refractivity contribution in [2.75, 3.05) is 6.61 Å². The topological polar surface area (TPSA) is 120 Å². The largest absolute Gasteiger partial charge is 0.463 e. The summed E-state index contributed by atoms with van der Waals surface area (Å²) in [7, 11) is -2.32. The fourth-order valence-electron chi connectivity index (χ4n) is 2.38. The number of hydrogen-bond donors (Lipinski definition) is 0.